The van der Waals surface area contributed by atoms with Gasteiger partial charge in [0.05, 0.1) is 0 Å². The molecule has 1 fully saturated rings. The van der Waals surface area contributed by atoms with E-state index in [1.54, 1.807) is 0 Å². The largest absolute Gasteiger partial charge is 0.336 e. The molecular weight excluding hydrogens is 202 g/mol. The number of carbonyl (C=O) groups excluding carboxylic acids is 1. The van der Waals surface area contributed by atoms with Crippen LogP contribution in [0.2, 0.25) is 0 Å². The molecule has 1 aliphatic rings. The first kappa shape index (κ1) is 11.0. The van der Waals surface area contributed by atoms with Crippen molar-refractivity contribution in [3.05, 3.63) is 30.3 Å². The molecule has 4 nitrogen and oxygen atoms in total. The van der Waals surface area contributed by atoms with E-state index < -0.39 is 0 Å². The molecule has 1 unspecified atom stereocenters. The summed E-state index contributed by atoms with van der Waals surface area (Å²) in [7, 11) is 0. The second kappa shape index (κ2) is 4.99. The summed E-state index contributed by atoms with van der Waals surface area (Å²) >= 11 is 0. The number of rotatable bonds is 4. The van der Waals surface area contributed by atoms with E-state index in [0.717, 1.165) is 5.69 Å². The summed E-state index contributed by atoms with van der Waals surface area (Å²) in [5, 5.41) is 5.53. The zero-order chi connectivity index (χ0) is 11.4. The molecular formula is C12H17N3O. The van der Waals surface area contributed by atoms with Crippen molar-refractivity contribution in [2.45, 2.75) is 18.9 Å². The van der Waals surface area contributed by atoms with Crippen LogP contribution in [0.1, 0.15) is 12.8 Å². The molecule has 86 valence electrons. The Morgan fingerprint density at radius 3 is 2.69 bits per heavy atom. The summed E-state index contributed by atoms with van der Waals surface area (Å²) in [5.74, 6) is 0.608. The molecule has 1 aromatic carbocycles. The molecule has 4 heteroatoms. The van der Waals surface area contributed by atoms with E-state index in [9.17, 15) is 4.79 Å². The third-order valence-corrected chi connectivity index (χ3v) is 2.76. The molecule has 1 atom stereocenters. The summed E-state index contributed by atoms with van der Waals surface area (Å²) in [6, 6.07) is 9.27. The fourth-order valence-electron chi connectivity index (χ4n) is 1.60. The second-order valence-corrected chi connectivity index (χ2v) is 4.20. The van der Waals surface area contributed by atoms with Crippen molar-refractivity contribution in [1.82, 2.24) is 5.32 Å². The number of hydrogen-bond donors (Lipinski definition) is 3. The van der Waals surface area contributed by atoms with Gasteiger partial charge in [-0.05, 0) is 30.9 Å². The molecule has 16 heavy (non-hydrogen) atoms. The van der Waals surface area contributed by atoms with Crippen LogP contribution in [0.5, 0.6) is 0 Å². The van der Waals surface area contributed by atoms with E-state index in [2.05, 4.69) is 10.6 Å². The maximum Gasteiger partial charge on any atom is 0.319 e. The van der Waals surface area contributed by atoms with Gasteiger partial charge in [0, 0.05) is 18.3 Å². The Bertz CT molecular complexity index is 349. The number of hydrogen-bond acceptors (Lipinski definition) is 2. The fraction of sp³-hybridized carbons (Fsp3) is 0.417. The van der Waals surface area contributed by atoms with Gasteiger partial charge in [0.2, 0.25) is 0 Å². The number of anilines is 1. The first-order valence-corrected chi connectivity index (χ1v) is 5.61. The zero-order valence-corrected chi connectivity index (χ0v) is 9.15. The van der Waals surface area contributed by atoms with Crippen LogP contribution in [0.4, 0.5) is 10.5 Å². The number of carbonyl (C=O) groups is 1. The van der Waals surface area contributed by atoms with Gasteiger partial charge in [0.15, 0.2) is 0 Å². The van der Waals surface area contributed by atoms with Crippen molar-refractivity contribution >= 4 is 11.7 Å². The third-order valence-electron chi connectivity index (χ3n) is 2.76. The SMILES string of the molecule is NC(CNC(=O)Nc1ccccc1)C1CC1. The molecule has 0 bridgehead atoms. The molecule has 4 N–H and O–H groups in total. The molecule has 2 rings (SSSR count). The number of nitrogens with one attached hydrogen (secondary N) is 2. The molecule has 1 aromatic rings. The van der Waals surface area contributed by atoms with E-state index in [-0.39, 0.29) is 12.1 Å². The predicted molar refractivity (Wildman–Crippen MR) is 64.2 cm³/mol. The Labute approximate surface area is 95.2 Å². The van der Waals surface area contributed by atoms with E-state index in [1.807, 2.05) is 30.3 Å². The van der Waals surface area contributed by atoms with E-state index in [4.69, 9.17) is 5.73 Å². The van der Waals surface area contributed by atoms with Gasteiger partial charge >= 0.3 is 6.03 Å². The highest BCUT2D eigenvalue weighted by Gasteiger charge is 2.28. The Kier molecular flexibility index (Phi) is 3.41. The van der Waals surface area contributed by atoms with E-state index in [1.165, 1.54) is 12.8 Å². The standard InChI is InChI=1S/C12H17N3O/c13-11(9-6-7-9)8-14-12(16)15-10-4-2-1-3-5-10/h1-5,9,11H,6-8,13H2,(H2,14,15,16). The minimum atomic E-state index is -0.192. The average molecular weight is 219 g/mol. The van der Waals surface area contributed by atoms with Gasteiger partial charge < -0.3 is 16.4 Å². The lowest BCUT2D eigenvalue weighted by molar-refractivity contribution is 0.251. The molecule has 0 saturated heterocycles. The average Bonchev–Trinajstić information content (AvgIpc) is 3.11. The summed E-state index contributed by atoms with van der Waals surface area (Å²) in [5.41, 5.74) is 6.67. The Morgan fingerprint density at radius 2 is 2.06 bits per heavy atom. The molecule has 2 amide bonds. The van der Waals surface area contributed by atoms with Crippen LogP contribution in [-0.2, 0) is 0 Å². The first-order valence-electron chi connectivity index (χ1n) is 5.61. The third kappa shape index (κ3) is 3.24. The maximum atomic E-state index is 11.5. The number of benzene rings is 1. The molecule has 0 radical (unpaired) electrons. The van der Waals surface area contributed by atoms with Gasteiger partial charge in [-0.2, -0.15) is 0 Å². The molecule has 1 saturated carbocycles. The van der Waals surface area contributed by atoms with Crippen molar-refractivity contribution in [2.75, 3.05) is 11.9 Å². The van der Waals surface area contributed by atoms with Crippen LogP contribution >= 0.6 is 0 Å². The predicted octanol–water partition coefficient (Wildman–Crippen LogP) is 1.55. The van der Waals surface area contributed by atoms with Crippen LogP contribution in [0, 0.1) is 5.92 Å². The second-order valence-electron chi connectivity index (χ2n) is 4.20. The minimum Gasteiger partial charge on any atom is -0.336 e. The van der Waals surface area contributed by atoms with Crippen molar-refractivity contribution in [3.8, 4) is 0 Å². The van der Waals surface area contributed by atoms with Crippen molar-refractivity contribution in [3.63, 3.8) is 0 Å². The lowest BCUT2D eigenvalue weighted by atomic mass is 10.2. The quantitative estimate of drug-likeness (QED) is 0.719. The van der Waals surface area contributed by atoms with Gasteiger partial charge in [0.25, 0.3) is 0 Å². The van der Waals surface area contributed by atoms with Crippen molar-refractivity contribution < 1.29 is 4.79 Å². The highest BCUT2D eigenvalue weighted by Crippen LogP contribution is 2.31. The highest BCUT2D eigenvalue weighted by molar-refractivity contribution is 5.89. The Balaban J connectivity index is 1.72. The van der Waals surface area contributed by atoms with E-state index >= 15 is 0 Å². The van der Waals surface area contributed by atoms with Gasteiger partial charge in [-0.25, -0.2) is 4.79 Å². The van der Waals surface area contributed by atoms with E-state index in [0.29, 0.717) is 12.5 Å². The smallest absolute Gasteiger partial charge is 0.319 e. The minimum absolute atomic E-state index is 0.0986. The van der Waals surface area contributed by atoms with Crippen LogP contribution in [0.3, 0.4) is 0 Å². The summed E-state index contributed by atoms with van der Waals surface area (Å²) in [4.78, 5) is 11.5. The monoisotopic (exact) mass is 219 g/mol. The zero-order valence-electron chi connectivity index (χ0n) is 9.15. The summed E-state index contributed by atoms with van der Waals surface area (Å²) < 4.78 is 0. The molecule has 0 aromatic heterocycles. The molecule has 0 heterocycles. The summed E-state index contributed by atoms with van der Waals surface area (Å²) in [6.45, 7) is 0.545. The highest BCUT2D eigenvalue weighted by atomic mass is 16.2. The van der Waals surface area contributed by atoms with Crippen LogP contribution in [0.25, 0.3) is 0 Å². The van der Waals surface area contributed by atoms with Crippen LogP contribution in [0.15, 0.2) is 30.3 Å². The molecule has 0 aliphatic heterocycles. The lowest BCUT2D eigenvalue weighted by Gasteiger charge is -2.12. The number of para-hydroxylation sites is 1. The van der Waals surface area contributed by atoms with Crippen molar-refractivity contribution in [1.29, 1.82) is 0 Å². The first-order chi connectivity index (χ1) is 7.75. The number of urea groups is 1. The van der Waals surface area contributed by atoms with Crippen LogP contribution in [-0.4, -0.2) is 18.6 Å². The maximum absolute atomic E-state index is 11.5. The number of nitrogens with two attached hydrogens (primary N) is 1. The Hall–Kier alpha value is -1.55. The topological polar surface area (TPSA) is 67.1 Å². The Morgan fingerprint density at radius 1 is 1.38 bits per heavy atom. The number of amides is 2. The fourth-order valence-corrected chi connectivity index (χ4v) is 1.60. The molecule has 0 spiro atoms. The normalized spacial score (nSPS) is 16.6. The van der Waals surface area contributed by atoms with Gasteiger partial charge in [-0.15, -0.1) is 0 Å². The molecule has 1 aliphatic carbocycles. The van der Waals surface area contributed by atoms with Gasteiger partial charge in [-0.1, -0.05) is 18.2 Å². The lowest BCUT2D eigenvalue weighted by Crippen LogP contribution is -2.40. The summed E-state index contributed by atoms with van der Waals surface area (Å²) in [6.07, 6.45) is 2.40. The van der Waals surface area contributed by atoms with Crippen LogP contribution < -0.4 is 16.4 Å². The van der Waals surface area contributed by atoms with Crippen molar-refractivity contribution in [2.24, 2.45) is 11.7 Å². The van der Waals surface area contributed by atoms with Gasteiger partial charge in [0.1, 0.15) is 0 Å². The van der Waals surface area contributed by atoms with Gasteiger partial charge in [-0.3, -0.25) is 0 Å².